The fourth-order valence-electron chi connectivity index (χ4n) is 3.71. The lowest BCUT2D eigenvalue weighted by molar-refractivity contribution is -0.125. The molecular formula is C18H25FN2O2. The number of amides is 1. The largest absolute Gasteiger partial charge is 0.491 e. The number of benzene rings is 1. The molecule has 0 radical (unpaired) electrons. The highest BCUT2D eigenvalue weighted by atomic mass is 19.1. The highest BCUT2D eigenvalue weighted by molar-refractivity contribution is 5.84. The van der Waals surface area contributed by atoms with Gasteiger partial charge in [0.15, 0.2) is 0 Å². The molecule has 2 fully saturated rings. The summed E-state index contributed by atoms with van der Waals surface area (Å²) in [5, 5.41) is 6.44. The van der Waals surface area contributed by atoms with Gasteiger partial charge in [-0.15, -0.1) is 0 Å². The van der Waals surface area contributed by atoms with Crippen LogP contribution in [-0.4, -0.2) is 31.1 Å². The molecule has 1 heterocycles. The van der Waals surface area contributed by atoms with Crippen LogP contribution < -0.4 is 15.4 Å². The predicted octanol–water partition coefficient (Wildman–Crippen LogP) is 2.26. The van der Waals surface area contributed by atoms with Crippen molar-refractivity contribution in [3.05, 3.63) is 29.6 Å². The molecule has 2 aliphatic rings. The Morgan fingerprint density at radius 1 is 1.52 bits per heavy atom. The van der Waals surface area contributed by atoms with Gasteiger partial charge < -0.3 is 15.4 Å². The van der Waals surface area contributed by atoms with Crippen LogP contribution in [0.1, 0.15) is 26.3 Å². The fourth-order valence-corrected chi connectivity index (χ4v) is 3.71. The molecule has 3 atom stereocenters. The Hall–Kier alpha value is -1.62. The van der Waals surface area contributed by atoms with Crippen molar-refractivity contribution in [2.75, 3.05) is 19.7 Å². The van der Waals surface area contributed by atoms with Gasteiger partial charge in [-0.05, 0) is 62.4 Å². The lowest BCUT2D eigenvalue weighted by Crippen LogP contribution is -2.49. The average molecular weight is 320 g/mol. The Bertz CT molecular complexity index is 631. The van der Waals surface area contributed by atoms with Crippen molar-refractivity contribution < 1.29 is 13.9 Å². The minimum atomic E-state index is -0.474. The first kappa shape index (κ1) is 16.2. The number of carbonyl (C=O) groups is 1. The Morgan fingerprint density at radius 2 is 2.26 bits per heavy atom. The van der Waals surface area contributed by atoms with Crippen molar-refractivity contribution >= 4 is 5.91 Å². The van der Waals surface area contributed by atoms with Crippen molar-refractivity contribution in [2.24, 2.45) is 17.3 Å². The first-order valence-electron chi connectivity index (χ1n) is 8.15. The van der Waals surface area contributed by atoms with E-state index in [0.29, 0.717) is 18.3 Å². The molecule has 0 aromatic heterocycles. The molecule has 1 aliphatic carbocycles. The zero-order valence-corrected chi connectivity index (χ0v) is 14.2. The molecule has 1 aromatic carbocycles. The zero-order chi connectivity index (χ0) is 16.8. The Kier molecular flexibility index (Phi) is 3.87. The maximum Gasteiger partial charge on any atom is 0.224 e. The molecule has 3 rings (SSSR count). The third kappa shape index (κ3) is 3.07. The summed E-state index contributed by atoms with van der Waals surface area (Å²) in [5.41, 5.74) is 0.398. The molecule has 0 spiro atoms. The van der Waals surface area contributed by atoms with Crippen LogP contribution in [0.15, 0.2) is 18.2 Å². The summed E-state index contributed by atoms with van der Waals surface area (Å²) < 4.78 is 18.9. The van der Waals surface area contributed by atoms with Crippen molar-refractivity contribution in [3.8, 4) is 5.75 Å². The molecule has 0 unspecified atom stereocenters. The number of hydrogen-bond donors (Lipinski definition) is 2. The molecular weight excluding hydrogens is 295 g/mol. The van der Waals surface area contributed by atoms with Gasteiger partial charge in [0.05, 0.1) is 5.54 Å². The van der Waals surface area contributed by atoms with Crippen LogP contribution in [-0.2, 0) is 4.79 Å². The van der Waals surface area contributed by atoms with E-state index in [1.165, 1.54) is 12.1 Å². The molecule has 1 saturated carbocycles. The highest BCUT2D eigenvalue weighted by Crippen LogP contribution is 2.60. The van der Waals surface area contributed by atoms with E-state index < -0.39 is 5.54 Å². The average Bonchev–Trinajstić information content (AvgIpc) is 2.84. The van der Waals surface area contributed by atoms with Gasteiger partial charge in [0, 0.05) is 12.5 Å². The highest BCUT2D eigenvalue weighted by Gasteiger charge is 2.67. The number of fused-ring (bicyclic) bond motifs is 1. The summed E-state index contributed by atoms with van der Waals surface area (Å²) in [6.07, 6.45) is 0. The van der Waals surface area contributed by atoms with Crippen LogP contribution in [0.25, 0.3) is 0 Å². The minimum absolute atomic E-state index is 0.107. The number of rotatable bonds is 5. The Morgan fingerprint density at radius 3 is 2.87 bits per heavy atom. The van der Waals surface area contributed by atoms with Crippen molar-refractivity contribution in [3.63, 3.8) is 0 Å². The topological polar surface area (TPSA) is 50.4 Å². The molecule has 1 saturated heterocycles. The number of aryl methyl sites for hydroxylation is 1. The van der Waals surface area contributed by atoms with Crippen LogP contribution >= 0.6 is 0 Å². The second-order valence-corrected chi connectivity index (χ2v) is 7.79. The number of hydrogen-bond acceptors (Lipinski definition) is 3. The van der Waals surface area contributed by atoms with E-state index in [0.717, 1.165) is 18.7 Å². The van der Waals surface area contributed by atoms with Crippen molar-refractivity contribution in [1.82, 2.24) is 10.6 Å². The van der Waals surface area contributed by atoms with Crippen LogP contribution in [0.2, 0.25) is 0 Å². The van der Waals surface area contributed by atoms with Gasteiger partial charge in [0.2, 0.25) is 5.91 Å². The number of carbonyl (C=O) groups excluding carboxylic acids is 1. The van der Waals surface area contributed by atoms with E-state index in [9.17, 15) is 9.18 Å². The number of halogens is 1. The van der Waals surface area contributed by atoms with E-state index in [-0.39, 0.29) is 23.1 Å². The van der Waals surface area contributed by atoms with Gasteiger partial charge in [-0.25, -0.2) is 4.39 Å². The first-order chi connectivity index (χ1) is 10.7. The van der Waals surface area contributed by atoms with Gasteiger partial charge in [-0.2, -0.15) is 0 Å². The second-order valence-electron chi connectivity index (χ2n) is 7.79. The Labute approximate surface area is 136 Å². The van der Waals surface area contributed by atoms with E-state index in [1.807, 2.05) is 20.8 Å². The second kappa shape index (κ2) is 5.48. The maximum atomic E-state index is 13.1. The van der Waals surface area contributed by atoms with E-state index in [2.05, 4.69) is 17.6 Å². The third-order valence-corrected chi connectivity index (χ3v) is 5.19. The fraction of sp³-hybridized carbons (Fsp3) is 0.611. The minimum Gasteiger partial charge on any atom is -0.491 e. The Balaban J connectivity index is 1.56. The summed E-state index contributed by atoms with van der Waals surface area (Å²) in [6, 6.07) is 4.45. The SMILES string of the molecule is Cc1cc(F)ccc1OCC(C)(C)NC(=O)[C@@H]1[C@H]2CNC[C@]21C. The van der Waals surface area contributed by atoms with E-state index >= 15 is 0 Å². The maximum absolute atomic E-state index is 13.1. The van der Waals surface area contributed by atoms with Crippen LogP contribution in [0, 0.1) is 30.0 Å². The molecule has 1 amide bonds. The lowest BCUT2D eigenvalue weighted by atomic mass is 10.0. The third-order valence-electron chi connectivity index (χ3n) is 5.19. The van der Waals surface area contributed by atoms with E-state index in [1.54, 1.807) is 6.07 Å². The standard InChI is InChI=1S/C18H25FN2O2/c1-11-7-12(19)5-6-14(11)23-10-17(2,3)21-16(22)15-13-8-20-9-18(13,15)4/h5-7,13,15,20H,8-10H2,1-4H3,(H,21,22)/t13-,15+,18-/m1/s1. The molecule has 0 bridgehead atoms. The lowest BCUT2D eigenvalue weighted by Gasteiger charge is -2.27. The smallest absolute Gasteiger partial charge is 0.224 e. The predicted molar refractivity (Wildman–Crippen MR) is 86.8 cm³/mol. The molecule has 1 aliphatic heterocycles. The monoisotopic (exact) mass is 320 g/mol. The van der Waals surface area contributed by atoms with Gasteiger partial charge in [0.1, 0.15) is 18.2 Å². The molecule has 1 aromatic rings. The molecule has 126 valence electrons. The summed E-state index contributed by atoms with van der Waals surface area (Å²) in [4.78, 5) is 12.5. The quantitative estimate of drug-likeness (QED) is 0.875. The van der Waals surface area contributed by atoms with Gasteiger partial charge in [0.25, 0.3) is 0 Å². The van der Waals surface area contributed by atoms with Crippen LogP contribution in [0.3, 0.4) is 0 Å². The van der Waals surface area contributed by atoms with E-state index in [4.69, 9.17) is 4.74 Å². The summed E-state index contributed by atoms with van der Waals surface area (Å²) >= 11 is 0. The summed E-state index contributed by atoms with van der Waals surface area (Å²) in [6.45, 7) is 10.1. The first-order valence-corrected chi connectivity index (χ1v) is 8.15. The summed E-state index contributed by atoms with van der Waals surface area (Å²) in [7, 11) is 0. The molecule has 23 heavy (non-hydrogen) atoms. The molecule has 5 heteroatoms. The van der Waals surface area contributed by atoms with Crippen molar-refractivity contribution in [1.29, 1.82) is 0 Å². The number of piperidine rings is 1. The zero-order valence-electron chi connectivity index (χ0n) is 14.2. The molecule has 4 nitrogen and oxygen atoms in total. The van der Waals surface area contributed by atoms with Gasteiger partial charge >= 0.3 is 0 Å². The number of nitrogens with one attached hydrogen (secondary N) is 2. The number of ether oxygens (including phenoxy) is 1. The van der Waals surface area contributed by atoms with Crippen LogP contribution in [0.5, 0.6) is 5.75 Å². The normalized spacial score (nSPS) is 29.1. The van der Waals surface area contributed by atoms with Gasteiger partial charge in [-0.3, -0.25) is 4.79 Å². The van der Waals surface area contributed by atoms with Crippen molar-refractivity contribution in [2.45, 2.75) is 33.2 Å². The molecule has 2 N–H and O–H groups in total. The summed E-state index contributed by atoms with van der Waals surface area (Å²) in [5.74, 6) is 1.05. The van der Waals surface area contributed by atoms with Gasteiger partial charge in [-0.1, -0.05) is 6.92 Å². The van der Waals surface area contributed by atoms with Crippen LogP contribution in [0.4, 0.5) is 4.39 Å².